The van der Waals surface area contributed by atoms with Gasteiger partial charge in [-0.15, -0.1) is 11.3 Å². The number of aryl methyl sites for hydroxylation is 1. The molecule has 1 saturated carbocycles. The Kier molecular flexibility index (Phi) is 3.69. The van der Waals surface area contributed by atoms with Gasteiger partial charge in [0.2, 0.25) is 0 Å². The summed E-state index contributed by atoms with van der Waals surface area (Å²) in [4.78, 5) is 18.1. The third-order valence-corrected chi connectivity index (χ3v) is 5.29. The van der Waals surface area contributed by atoms with E-state index in [4.69, 9.17) is 4.74 Å². The van der Waals surface area contributed by atoms with Gasteiger partial charge in [-0.3, -0.25) is 0 Å². The topological polar surface area (TPSA) is 63.2 Å². The molecule has 0 radical (unpaired) electrons. The van der Waals surface area contributed by atoms with Crippen LogP contribution < -0.4 is 15.4 Å². The summed E-state index contributed by atoms with van der Waals surface area (Å²) in [6.45, 7) is 2.52. The Morgan fingerprint density at radius 2 is 2.22 bits per heavy atom. The van der Waals surface area contributed by atoms with Gasteiger partial charge in [0, 0.05) is 16.6 Å². The first kappa shape index (κ1) is 14.5. The van der Waals surface area contributed by atoms with Crippen LogP contribution in [-0.2, 0) is 0 Å². The van der Waals surface area contributed by atoms with E-state index in [-0.39, 0.29) is 18.1 Å². The summed E-state index contributed by atoms with van der Waals surface area (Å²) in [7, 11) is 0. The van der Waals surface area contributed by atoms with Gasteiger partial charge in [-0.1, -0.05) is 18.2 Å². The molecule has 0 saturated heterocycles. The molecular formula is C17H19N3O2S. The van der Waals surface area contributed by atoms with Gasteiger partial charge in [0.25, 0.3) is 0 Å². The normalized spacial score (nSPS) is 20.5. The van der Waals surface area contributed by atoms with E-state index in [0.717, 1.165) is 29.2 Å². The van der Waals surface area contributed by atoms with Crippen LogP contribution in [0.15, 0.2) is 30.5 Å². The van der Waals surface area contributed by atoms with Crippen LogP contribution in [0.1, 0.15) is 40.4 Å². The Morgan fingerprint density at radius 3 is 2.96 bits per heavy atom. The van der Waals surface area contributed by atoms with Crippen molar-refractivity contribution in [3.05, 3.63) is 45.9 Å². The van der Waals surface area contributed by atoms with Crippen molar-refractivity contribution in [3.8, 4) is 5.75 Å². The molecule has 6 heteroatoms. The standard InChI is InChI=1S/C17H19N3O2S/c1-10-8-18-16(23-10)15(11-6-7-11)20-17(21)19-13-9-22-14-5-3-2-4-12(13)14/h2-5,8,11,13,15H,6-7,9H2,1H3,(H2,19,20,21). The fourth-order valence-electron chi connectivity index (χ4n) is 2.95. The molecule has 0 spiro atoms. The average Bonchev–Trinajstić information content (AvgIpc) is 3.18. The molecule has 2 N–H and O–H groups in total. The Bertz CT molecular complexity index is 726. The molecule has 2 atom stereocenters. The van der Waals surface area contributed by atoms with Crippen LogP contribution in [0.25, 0.3) is 0 Å². The number of carbonyl (C=O) groups is 1. The zero-order valence-electron chi connectivity index (χ0n) is 12.9. The second-order valence-electron chi connectivity index (χ2n) is 6.14. The highest BCUT2D eigenvalue weighted by atomic mass is 32.1. The molecule has 2 aliphatic rings. The van der Waals surface area contributed by atoms with E-state index in [1.165, 1.54) is 4.88 Å². The summed E-state index contributed by atoms with van der Waals surface area (Å²) in [5, 5.41) is 7.14. The number of urea groups is 1. The number of aromatic nitrogens is 1. The molecule has 1 aliphatic carbocycles. The van der Waals surface area contributed by atoms with Crippen molar-refractivity contribution in [2.45, 2.75) is 31.8 Å². The molecule has 4 rings (SSSR count). The van der Waals surface area contributed by atoms with Gasteiger partial charge in [-0.05, 0) is 31.7 Å². The summed E-state index contributed by atoms with van der Waals surface area (Å²) >= 11 is 1.66. The van der Waals surface area contributed by atoms with E-state index in [1.54, 1.807) is 11.3 Å². The number of nitrogens with one attached hydrogen (secondary N) is 2. The van der Waals surface area contributed by atoms with E-state index in [2.05, 4.69) is 15.6 Å². The lowest BCUT2D eigenvalue weighted by Crippen LogP contribution is -2.41. The highest BCUT2D eigenvalue weighted by Gasteiger charge is 2.36. The molecule has 1 fully saturated rings. The van der Waals surface area contributed by atoms with Gasteiger partial charge in [0.1, 0.15) is 17.4 Å². The molecule has 1 aliphatic heterocycles. The Balaban J connectivity index is 1.43. The number of rotatable bonds is 4. The van der Waals surface area contributed by atoms with Crippen molar-refractivity contribution in [1.29, 1.82) is 0 Å². The Labute approximate surface area is 139 Å². The second-order valence-corrected chi connectivity index (χ2v) is 7.41. The van der Waals surface area contributed by atoms with Gasteiger partial charge >= 0.3 is 6.03 Å². The summed E-state index contributed by atoms with van der Waals surface area (Å²) in [5.41, 5.74) is 1.04. The fourth-order valence-corrected chi connectivity index (χ4v) is 3.87. The molecule has 2 unspecified atom stereocenters. The van der Waals surface area contributed by atoms with Gasteiger partial charge in [0.05, 0.1) is 12.1 Å². The number of carbonyl (C=O) groups excluding carboxylic acids is 1. The third-order valence-electron chi connectivity index (χ3n) is 4.29. The molecule has 1 aromatic heterocycles. The van der Waals surface area contributed by atoms with E-state index in [0.29, 0.717) is 12.5 Å². The maximum absolute atomic E-state index is 12.4. The zero-order valence-corrected chi connectivity index (χ0v) is 13.7. The number of ether oxygens (including phenoxy) is 1. The molecule has 5 nitrogen and oxygen atoms in total. The number of fused-ring (bicyclic) bond motifs is 1. The molecule has 2 amide bonds. The summed E-state index contributed by atoms with van der Waals surface area (Å²) in [5.74, 6) is 1.37. The van der Waals surface area contributed by atoms with Crippen LogP contribution in [0.4, 0.5) is 4.79 Å². The van der Waals surface area contributed by atoms with Gasteiger partial charge in [-0.25, -0.2) is 9.78 Å². The van der Waals surface area contributed by atoms with E-state index >= 15 is 0 Å². The van der Waals surface area contributed by atoms with E-state index in [1.807, 2.05) is 37.4 Å². The number of nitrogens with zero attached hydrogens (tertiary/aromatic N) is 1. The third kappa shape index (κ3) is 3.03. The number of para-hydroxylation sites is 1. The number of hydrogen-bond acceptors (Lipinski definition) is 4. The molecule has 1 aromatic carbocycles. The Hall–Kier alpha value is -2.08. The maximum atomic E-state index is 12.4. The predicted octanol–water partition coefficient (Wildman–Crippen LogP) is 3.34. The van der Waals surface area contributed by atoms with Crippen LogP contribution in [0.3, 0.4) is 0 Å². The minimum absolute atomic E-state index is 0.0197. The highest BCUT2D eigenvalue weighted by Crippen LogP contribution is 2.42. The molecule has 0 bridgehead atoms. The van der Waals surface area contributed by atoms with Crippen LogP contribution in [0.5, 0.6) is 5.75 Å². The SMILES string of the molecule is Cc1cnc(C(NC(=O)NC2COc3ccccc32)C2CC2)s1. The molecule has 2 heterocycles. The van der Waals surface area contributed by atoms with Gasteiger partial charge in [0.15, 0.2) is 0 Å². The molecule has 2 aromatic rings. The maximum Gasteiger partial charge on any atom is 0.315 e. The van der Waals surface area contributed by atoms with Crippen LogP contribution >= 0.6 is 11.3 Å². The van der Waals surface area contributed by atoms with Crippen molar-refractivity contribution < 1.29 is 9.53 Å². The van der Waals surface area contributed by atoms with E-state index in [9.17, 15) is 4.79 Å². The van der Waals surface area contributed by atoms with Crippen molar-refractivity contribution in [2.24, 2.45) is 5.92 Å². The fraction of sp³-hybridized carbons (Fsp3) is 0.412. The Morgan fingerprint density at radius 1 is 1.39 bits per heavy atom. The first-order chi connectivity index (χ1) is 11.2. The smallest absolute Gasteiger partial charge is 0.315 e. The van der Waals surface area contributed by atoms with Crippen molar-refractivity contribution in [2.75, 3.05) is 6.61 Å². The lowest BCUT2D eigenvalue weighted by atomic mass is 10.1. The van der Waals surface area contributed by atoms with Crippen LogP contribution in [-0.4, -0.2) is 17.6 Å². The van der Waals surface area contributed by atoms with Crippen LogP contribution in [0.2, 0.25) is 0 Å². The molecule has 23 heavy (non-hydrogen) atoms. The lowest BCUT2D eigenvalue weighted by molar-refractivity contribution is 0.227. The van der Waals surface area contributed by atoms with Gasteiger partial charge in [-0.2, -0.15) is 0 Å². The first-order valence-corrected chi connectivity index (χ1v) is 8.73. The average molecular weight is 329 g/mol. The van der Waals surface area contributed by atoms with Crippen molar-refractivity contribution in [3.63, 3.8) is 0 Å². The van der Waals surface area contributed by atoms with Gasteiger partial charge < -0.3 is 15.4 Å². The van der Waals surface area contributed by atoms with Crippen molar-refractivity contribution >= 4 is 17.4 Å². The number of benzene rings is 1. The number of hydrogen-bond donors (Lipinski definition) is 2. The van der Waals surface area contributed by atoms with Crippen molar-refractivity contribution in [1.82, 2.24) is 15.6 Å². The monoisotopic (exact) mass is 329 g/mol. The zero-order chi connectivity index (χ0) is 15.8. The largest absolute Gasteiger partial charge is 0.491 e. The quantitative estimate of drug-likeness (QED) is 0.904. The molecular weight excluding hydrogens is 310 g/mol. The summed E-state index contributed by atoms with van der Waals surface area (Å²) in [6.07, 6.45) is 4.17. The lowest BCUT2D eigenvalue weighted by Gasteiger charge is -2.18. The predicted molar refractivity (Wildman–Crippen MR) is 88.7 cm³/mol. The molecule has 120 valence electrons. The minimum atomic E-state index is -0.153. The number of amides is 2. The number of thiazole rings is 1. The minimum Gasteiger partial charge on any atom is -0.491 e. The first-order valence-electron chi connectivity index (χ1n) is 7.92. The highest BCUT2D eigenvalue weighted by molar-refractivity contribution is 7.11. The second kappa shape index (κ2) is 5.85. The van der Waals surface area contributed by atoms with Crippen LogP contribution in [0, 0.1) is 12.8 Å². The summed E-state index contributed by atoms with van der Waals surface area (Å²) in [6, 6.07) is 7.60. The van der Waals surface area contributed by atoms with E-state index < -0.39 is 0 Å². The summed E-state index contributed by atoms with van der Waals surface area (Å²) < 4.78 is 5.61.